The lowest BCUT2D eigenvalue weighted by molar-refractivity contribution is -0.141. The highest BCUT2D eigenvalue weighted by molar-refractivity contribution is 5.88. The van der Waals surface area contributed by atoms with Crippen molar-refractivity contribution in [3.8, 4) is 0 Å². The van der Waals surface area contributed by atoms with E-state index in [0.29, 0.717) is 12.5 Å². The van der Waals surface area contributed by atoms with Gasteiger partial charge in [-0.2, -0.15) is 0 Å². The molecule has 2 aliphatic carbocycles. The number of hydrogen-bond acceptors (Lipinski definition) is 2. The summed E-state index contributed by atoms with van der Waals surface area (Å²) in [6.07, 6.45) is 6.97. The Balaban J connectivity index is 1.55. The van der Waals surface area contributed by atoms with E-state index in [1.54, 1.807) is 0 Å². The van der Waals surface area contributed by atoms with Crippen molar-refractivity contribution in [2.24, 2.45) is 16.6 Å². The van der Waals surface area contributed by atoms with Crippen LogP contribution in [0.4, 0.5) is 0 Å². The fourth-order valence-electron chi connectivity index (χ4n) is 5.26. The number of carbonyl (C=O) groups excluding carboxylic acids is 1. The third-order valence-corrected chi connectivity index (χ3v) is 7.05. The van der Waals surface area contributed by atoms with Crippen LogP contribution < -0.4 is 5.73 Å². The molecule has 2 unspecified atom stereocenters. The smallest absolute Gasteiger partial charge is 0.230 e. The second-order valence-electron chi connectivity index (χ2n) is 8.35. The molecule has 1 spiro atoms. The zero-order valence-electron chi connectivity index (χ0n) is 14.2. The van der Waals surface area contributed by atoms with Crippen LogP contribution in [0.1, 0.15) is 51.0 Å². The summed E-state index contributed by atoms with van der Waals surface area (Å²) >= 11 is 0. The zero-order chi connectivity index (χ0) is 16.1. The summed E-state index contributed by atoms with van der Waals surface area (Å²) < 4.78 is 0. The van der Waals surface area contributed by atoms with Gasteiger partial charge in [0.1, 0.15) is 0 Å². The van der Waals surface area contributed by atoms with Gasteiger partial charge in [0.2, 0.25) is 5.91 Å². The van der Waals surface area contributed by atoms with E-state index in [-0.39, 0.29) is 16.2 Å². The van der Waals surface area contributed by atoms with Gasteiger partial charge >= 0.3 is 0 Å². The maximum Gasteiger partial charge on any atom is 0.230 e. The van der Waals surface area contributed by atoms with Gasteiger partial charge in [0.15, 0.2) is 0 Å². The quantitative estimate of drug-likeness (QED) is 0.932. The van der Waals surface area contributed by atoms with E-state index in [4.69, 9.17) is 5.73 Å². The second-order valence-corrected chi connectivity index (χ2v) is 8.35. The summed E-state index contributed by atoms with van der Waals surface area (Å²) in [5.41, 5.74) is 7.58. The van der Waals surface area contributed by atoms with Gasteiger partial charge in [0, 0.05) is 25.0 Å². The van der Waals surface area contributed by atoms with E-state index < -0.39 is 0 Å². The first kappa shape index (κ1) is 15.2. The van der Waals surface area contributed by atoms with Gasteiger partial charge in [0.25, 0.3) is 0 Å². The predicted octanol–water partition coefficient (Wildman–Crippen LogP) is 3.09. The van der Waals surface area contributed by atoms with Gasteiger partial charge in [-0.25, -0.2) is 0 Å². The van der Waals surface area contributed by atoms with Crippen molar-refractivity contribution in [2.45, 2.75) is 50.9 Å². The monoisotopic (exact) mass is 312 g/mol. The van der Waals surface area contributed by atoms with Crippen LogP contribution in [0.25, 0.3) is 0 Å². The molecular weight excluding hydrogens is 284 g/mol. The normalized spacial score (nSPS) is 35.0. The first-order valence-electron chi connectivity index (χ1n) is 9.10. The van der Waals surface area contributed by atoms with E-state index in [2.05, 4.69) is 42.2 Å². The molecule has 1 saturated heterocycles. The predicted molar refractivity (Wildman–Crippen MR) is 92.0 cm³/mol. The second kappa shape index (κ2) is 5.07. The van der Waals surface area contributed by atoms with Crippen LogP contribution in [0.3, 0.4) is 0 Å². The number of benzene rings is 1. The van der Waals surface area contributed by atoms with Gasteiger partial charge in [-0.1, -0.05) is 43.7 Å². The molecule has 3 fully saturated rings. The topological polar surface area (TPSA) is 46.3 Å². The molecule has 23 heavy (non-hydrogen) atoms. The van der Waals surface area contributed by atoms with E-state index in [1.165, 1.54) is 24.8 Å². The molecule has 3 nitrogen and oxygen atoms in total. The number of piperidine rings is 1. The number of amides is 1. The van der Waals surface area contributed by atoms with Gasteiger partial charge in [0.05, 0.1) is 5.41 Å². The van der Waals surface area contributed by atoms with Crippen LogP contribution in [-0.2, 0) is 10.2 Å². The van der Waals surface area contributed by atoms with E-state index in [1.807, 2.05) is 0 Å². The number of carbonyl (C=O) groups is 1. The van der Waals surface area contributed by atoms with Crippen molar-refractivity contribution in [1.29, 1.82) is 0 Å². The fraction of sp³-hybridized carbons (Fsp3) is 0.650. The Morgan fingerprint density at radius 2 is 1.91 bits per heavy atom. The standard InChI is InChI=1S/C20H28N2O/c1-18(16-7-3-2-4-8-16)9-6-12-22(15-18)17(23)20(14-21)13-19(20)10-5-11-19/h2-4,7-8H,5-6,9-15,21H2,1H3. The van der Waals surface area contributed by atoms with Crippen LogP contribution >= 0.6 is 0 Å². The third-order valence-electron chi connectivity index (χ3n) is 7.05. The van der Waals surface area contributed by atoms with Crippen LogP contribution in [0, 0.1) is 10.8 Å². The largest absolute Gasteiger partial charge is 0.341 e. The number of nitrogens with two attached hydrogens (primary N) is 1. The molecule has 0 bridgehead atoms. The Kier molecular flexibility index (Phi) is 3.35. The van der Waals surface area contributed by atoms with Crippen molar-refractivity contribution >= 4 is 5.91 Å². The van der Waals surface area contributed by atoms with E-state index in [9.17, 15) is 4.79 Å². The van der Waals surface area contributed by atoms with Crippen molar-refractivity contribution in [1.82, 2.24) is 4.90 Å². The minimum absolute atomic E-state index is 0.0760. The lowest BCUT2D eigenvalue weighted by Crippen LogP contribution is -2.52. The molecule has 1 heterocycles. The summed E-state index contributed by atoms with van der Waals surface area (Å²) in [7, 11) is 0. The summed E-state index contributed by atoms with van der Waals surface area (Å²) in [5, 5.41) is 0. The van der Waals surface area contributed by atoms with E-state index >= 15 is 0 Å². The molecule has 1 aliphatic heterocycles. The Hall–Kier alpha value is -1.35. The molecule has 3 heteroatoms. The molecule has 1 aromatic rings. The molecule has 3 aliphatic rings. The molecule has 0 radical (unpaired) electrons. The number of hydrogen-bond donors (Lipinski definition) is 1. The van der Waals surface area contributed by atoms with Crippen LogP contribution in [-0.4, -0.2) is 30.4 Å². The van der Waals surface area contributed by atoms with Crippen LogP contribution in [0.5, 0.6) is 0 Å². The third kappa shape index (κ3) is 2.09. The Bertz CT molecular complexity index is 609. The van der Waals surface area contributed by atoms with Gasteiger partial charge < -0.3 is 10.6 Å². The van der Waals surface area contributed by atoms with Gasteiger partial charge in [-0.3, -0.25) is 4.79 Å². The summed E-state index contributed by atoms with van der Waals surface area (Å²) in [4.78, 5) is 15.4. The van der Waals surface area contributed by atoms with Gasteiger partial charge in [-0.05, 0) is 43.1 Å². The molecule has 2 saturated carbocycles. The first-order valence-corrected chi connectivity index (χ1v) is 9.10. The molecule has 4 rings (SSSR count). The molecule has 2 N–H and O–H groups in total. The Labute approximate surface area is 139 Å². The van der Waals surface area contributed by atoms with Gasteiger partial charge in [-0.15, -0.1) is 0 Å². The number of likely N-dealkylation sites (tertiary alicyclic amines) is 1. The first-order chi connectivity index (χ1) is 11.1. The summed E-state index contributed by atoms with van der Waals surface area (Å²) in [6.45, 7) is 4.58. The van der Waals surface area contributed by atoms with Crippen LogP contribution in [0.15, 0.2) is 30.3 Å². The Morgan fingerprint density at radius 3 is 2.48 bits per heavy atom. The van der Waals surface area contributed by atoms with Crippen LogP contribution in [0.2, 0.25) is 0 Å². The molecule has 124 valence electrons. The number of rotatable bonds is 3. The fourth-order valence-corrected chi connectivity index (χ4v) is 5.26. The minimum atomic E-state index is -0.222. The number of nitrogens with zero attached hydrogens (tertiary/aromatic N) is 1. The van der Waals surface area contributed by atoms with Crippen molar-refractivity contribution in [3.63, 3.8) is 0 Å². The highest BCUT2D eigenvalue weighted by Gasteiger charge is 2.73. The van der Waals surface area contributed by atoms with E-state index in [0.717, 1.165) is 32.4 Å². The lowest BCUT2D eigenvalue weighted by atomic mass is 9.73. The Morgan fingerprint density at radius 1 is 1.17 bits per heavy atom. The summed E-state index contributed by atoms with van der Waals surface area (Å²) in [6, 6.07) is 10.7. The molecule has 1 aromatic carbocycles. The lowest BCUT2D eigenvalue weighted by Gasteiger charge is -2.43. The molecule has 0 aromatic heterocycles. The van der Waals surface area contributed by atoms with Crippen molar-refractivity contribution < 1.29 is 4.79 Å². The average Bonchev–Trinajstić information content (AvgIpc) is 3.26. The van der Waals surface area contributed by atoms with Crippen molar-refractivity contribution in [2.75, 3.05) is 19.6 Å². The average molecular weight is 312 g/mol. The highest BCUT2D eigenvalue weighted by atomic mass is 16.2. The molecular formula is C20H28N2O. The maximum absolute atomic E-state index is 13.3. The summed E-state index contributed by atoms with van der Waals surface area (Å²) in [5.74, 6) is 0.349. The molecule has 1 amide bonds. The minimum Gasteiger partial charge on any atom is -0.341 e. The maximum atomic E-state index is 13.3. The zero-order valence-corrected chi connectivity index (χ0v) is 14.2. The molecule has 2 atom stereocenters. The SMILES string of the molecule is CC1(c2ccccc2)CCCN(C(=O)C2(CN)CC23CCC3)C1. The van der Waals surface area contributed by atoms with Crippen molar-refractivity contribution in [3.05, 3.63) is 35.9 Å². The highest BCUT2D eigenvalue weighted by Crippen LogP contribution is 2.74.